The number of carbonyl (C=O) groups excluding carboxylic acids is 2. The molecule has 19 heavy (non-hydrogen) atoms. The molecule has 5 nitrogen and oxygen atoms in total. The summed E-state index contributed by atoms with van der Waals surface area (Å²) in [5.74, 6) is -0.419. The SMILES string of the molecule is COC(=O)C1(NC(=O)Nc2ccc(C)cc2Cl)CC1. The number of hydrogen-bond donors (Lipinski definition) is 2. The fourth-order valence-corrected chi connectivity index (χ4v) is 2.08. The first kappa shape index (κ1) is 13.7. The van der Waals surface area contributed by atoms with Gasteiger partial charge in [-0.2, -0.15) is 0 Å². The number of methoxy groups -OCH3 is 1. The minimum Gasteiger partial charge on any atom is -0.467 e. The molecule has 2 amide bonds. The highest BCUT2D eigenvalue weighted by molar-refractivity contribution is 6.33. The number of anilines is 1. The second kappa shape index (κ2) is 5.09. The number of nitrogens with one attached hydrogen (secondary N) is 2. The molecular formula is C13H15ClN2O3. The van der Waals surface area contributed by atoms with Gasteiger partial charge in [-0.3, -0.25) is 0 Å². The van der Waals surface area contributed by atoms with Crippen molar-refractivity contribution in [2.75, 3.05) is 12.4 Å². The topological polar surface area (TPSA) is 67.4 Å². The first-order valence-electron chi connectivity index (χ1n) is 5.90. The zero-order valence-corrected chi connectivity index (χ0v) is 11.5. The predicted molar refractivity (Wildman–Crippen MR) is 72.3 cm³/mol. The second-order valence-corrected chi connectivity index (χ2v) is 5.04. The molecule has 0 atom stereocenters. The van der Waals surface area contributed by atoms with E-state index in [2.05, 4.69) is 15.4 Å². The van der Waals surface area contributed by atoms with E-state index >= 15 is 0 Å². The normalized spacial score (nSPS) is 15.5. The molecule has 1 aromatic carbocycles. The second-order valence-electron chi connectivity index (χ2n) is 4.64. The van der Waals surface area contributed by atoms with E-state index in [-0.39, 0.29) is 0 Å². The van der Waals surface area contributed by atoms with Crippen LogP contribution in [0.4, 0.5) is 10.5 Å². The molecule has 0 aliphatic heterocycles. The minimum atomic E-state index is -0.865. The number of carbonyl (C=O) groups is 2. The van der Waals surface area contributed by atoms with E-state index in [4.69, 9.17) is 11.6 Å². The molecule has 0 heterocycles. The van der Waals surface area contributed by atoms with Crippen LogP contribution in [-0.4, -0.2) is 24.6 Å². The Morgan fingerprint density at radius 3 is 2.58 bits per heavy atom. The lowest BCUT2D eigenvalue weighted by Gasteiger charge is -2.16. The summed E-state index contributed by atoms with van der Waals surface area (Å²) in [5.41, 5.74) is 0.644. The average molecular weight is 283 g/mol. The van der Waals surface area contributed by atoms with Crippen LogP contribution in [0.2, 0.25) is 5.02 Å². The summed E-state index contributed by atoms with van der Waals surface area (Å²) in [6.07, 6.45) is 1.18. The zero-order chi connectivity index (χ0) is 14.0. The number of esters is 1. The monoisotopic (exact) mass is 282 g/mol. The standard InChI is InChI=1S/C13H15ClN2O3/c1-8-3-4-10(9(14)7-8)15-12(18)16-13(5-6-13)11(17)19-2/h3-4,7H,5-6H2,1-2H3,(H2,15,16,18). The lowest BCUT2D eigenvalue weighted by molar-refractivity contribution is -0.144. The fraction of sp³-hybridized carbons (Fsp3) is 0.385. The molecule has 1 aliphatic carbocycles. The van der Waals surface area contributed by atoms with Crippen molar-refractivity contribution >= 4 is 29.3 Å². The van der Waals surface area contributed by atoms with Gasteiger partial charge in [-0.25, -0.2) is 9.59 Å². The van der Waals surface area contributed by atoms with Gasteiger partial charge in [0.1, 0.15) is 5.54 Å². The highest BCUT2D eigenvalue weighted by Crippen LogP contribution is 2.36. The Morgan fingerprint density at radius 2 is 2.05 bits per heavy atom. The lowest BCUT2D eigenvalue weighted by Crippen LogP contribution is -2.45. The van der Waals surface area contributed by atoms with Gasteiger partial charge in [-0.05, 0) is 37.5 Å². The zero-order valence-electron chi connectivity index (χ0n) is 10.7. The maximum Gasteiger partial charge on any atom is 0.331 e. The minimum absolute atomic E-state index is 0.419. The summed E-state index contributed by atoms with van der Waals surface area (Å²) >= 11 is 6.02. The van der Waals surface area contributed by atoms with Crippen LogP contribution in [0.25, 0.3) is 0 Å². The highest BCUT2D eigenvalue weighted by Gasteiger charge is 2.52. The smallest absolute Gasteiger partial charge is 0.331 e. The largest absolute Gasteiger partial charge is 0.467 e. The molecule has 6 heteroatoms. The fourth-order valence-electron chi connectivity index (χ4n) is 1.79. The van der Waals surface area contributed by atoms with Crippen molar-refractivity contribution in [1.82, 2.24) is 5.32 Å². The van der Waals surface area contributed by atoms with Crippen LogP contribution in [0.1, 0.15) is 18.4 Å². The van der Waals surface area contributed by atoms with Crippen molar-refractivity contribution in [1.29, 1.82) is 0 Å². The van der Waals surface area contributed by atoms with Gasteiger partial charge in [0.05, 0.1) is 17.8 Å². The van der Waals surface area contributed by atoms with E-state index in [1.165, 1.54) is 7.11 Å². The number of ether oxygens (including phenoxy) is 1. The summed E-state index contributed by atoms with van der Waals surface area (Å²) in [4.78, 5) is 23.3. The van der Waals surface area contributed by atoms with E-state index in [9.17, 15) is 9.59 Å². The summed E-state index contributed by atoms with van der Waals surface area (Å²) in [5, 5.41) is 5.70. The maximum atomic E-state index is 11.8. The molecule has 1 aliphatic rings. The van der Waals surface area contributed by atoms with Crippen LogP contribution in [0, 0.1) is 6.92 Å². The molecule has 0 aromatic heterocycles. The van der Waals surface area contributed by atoms with Crippen LogP contribution in [0.15, 0.2) is 18.2 Å². The number of halogens is 1. The number of benzene rings is 1. The van der Waals surface area contributed by atoms with E-state index in [0.717, 1.165) is 5.56 Å². The molecule has 2 N–H and O–H groups in total. The quantitative estimate of drug-likeness (QED) is 0.837. The molecule has 102 valence electrons. The number of hydrogen-bond acceptors (Lipinski definition) is 3. The van der Waals surface area contributed by atoms with Crippen LogP contribution >= 0.6 is 11.6 Å². The van der Waals surface area contributed by atoms with Crippen LogP contribution in [0.5, 0.6) is 0 Å². The molecule has 1 aromatic rings. The van der Waals surface area contributed by atoms with Crippen LogP contribution in [-0.2, 0) is 9.53 Å². The van der Waals surface area contributed by atoms with Crippen molar-refractivity contribution in [2.45, 2.75) is 25.3 Å². The van der Waals surface area contributed by atoms with Crippen molar-refractivity contribution in [3.05, 3.63) is 28.8 Å². The number of amides is 2. The number of rotatable bonds is 3. The Morgan fingerprint density at radius 1 is 1.37 bits per heavy atom. The van der Waals surface area contributed by atoms with Gasteiger partial charge in [0.2, 0.25) is 0 Å². The third kappa shape index (κ3) is 2.98. The Kier molecular flexibility index (Phi) is 3.66. The molecule has 0 saturated heterocycles. The van der Waals surface area contributed by atoms with Gasteiger partial charge in [0.25, 0.3) is 0 Å². The third-order valence-electron chi connectivity index (χ3n) is 3.05. The molecule has 1 saturated carbocycles. The molecule has 0 radical (unpaired) electrons. The molecule has 0 unspecified atom stereocenters. The summed E-state index contributed by atoms with van der Waals surface area (Å²) < 4.78 is 4.66. The first-order chi connectivity index (χ1) is 8.97. The first-order valence-corrected chi connectivity index (χ1v) is 6.28. The Balaban J connectivity index is 2.00. The van der Waals surface area contributed by atoms with Gasteiger partial charge in [0, 0.05) is 0 Å². The predicted octanol–water partition coefficient (Wildman–Crippen LogP) is 2.48. The lowest BCUT2D eigenvalue weighted by atomic mass is 10.2. The Hall–Kier alpha value is -1.75. The molecule has 0 bridgehead atoms. The molecule has 1 fully saturated rings. The summed E-state index contributed by atoms with van der Waals surface area (Å²) in [6, 6.07) is 4.85. The highest BCUT2D eigenvalue weighted by atomic mass is 35.5. The Labute approximate surface area is 116 Å². The summed E-state index contributed by atoms with van der Waals surface area (Å²) in [6.45, 7) is 1.91. The third-order valence-corrected chi connectivity index (χ3v) is 3.36. The van der Waals surface area contributed by atoms with Crippen molar-refractivity contribution < 1.29 is 14.3 Å². The maximum absolute atomic E-state index is 11.8. The number of urea groups is 1. The van der Waals surface area contributed by atoms with E-state index in [1.807, 2.05) is 13.0 Å². The van der Waals surface area contributed by atoms with Gasteiger partial charge in [-0.15, -0.1) is 0 Å². The number of aryl methyl sites for hydroxylation is 1. The summed E-state index contributed by atoms with van der Waals surface area (Å²) in [7, 11) is 1.30. The van der Waals surface area contributed by atoms with E-state index < -0.39 is 17.5 Å². The van der Waals surface area contributed by atoms with Crippen molar-refractivity contribution in [3.63, 3.8) is 0 Å². The molecule has 0 spiro atoms. The van der Waals surface area contributed by atoms with Crippen LogP contribution in [0.3, 0.4) is 0 Å². The Bertz CT molecular complexity index is 527. The van der Waals surface area contributed by atoms with Gasteiger partial charge in [-0.1, -0.05) is 17.7 Å². The van der Waals surface area contributed by atoms with Gasteiger partial charge < -0.3 is 15.4 Å². The van der Waals surface area contributed by atoms with E-state index in [0.29, 0.717) is 23.6 Å². The molecular weight excluding hydrogens is 268 g/mol. The van der Waals surface area contributed by atoms with Crippen molar-refractivity contribution in [2.24, 2.45) is 0 Å². The van der Waals surface area contributed by atoms with Gasteiger partial charge >= 0.3 is 12.0 Å². The van der Waals surface area contributed by atoms with Crippen molar-refractivity contribution in [3.8, 4) is 0 Å². The van der Waals surface area contributed by atoms with E-state index in [1.54, 1.807) is 12.1 Å². The molecule has 2 rings (SSSR count). The van der Waals surface area contributed by atoms with Crippen LogP contribution < -0.4 is 10.6 Å². The van der Waals surface area contributed by atoms with Gasteiger partial charge in [0.15, 0.2) is 0 Å². The average Bonchev–Trinajstić information content (AvgIpc) is 3.12.